The Bertz CT molecular complexity index is 1420. The van der Waals surface area contributed by atoms with E-state index in [9.17, 15) is 0 Å². The Hall–Kier alpha value is -4.05. The van der Waals surface area contributed by atoms with Gasteiger partial charge in [-0.15, -0.1) is 0 Å². The van der Waals surface area contributed by atoms with E-state index in [1.807, 2.05) is 55.0 Å². The van der Waals surface area contributed by atoms with Gasteiger partial charge in [0, 0.05) is 47.3 Å². The summed E-state index contributed by atoms with van der Waals surface area (Å²) in [5, 5.41) is 1.18. The Balaban J connectivity index is 1.38. The van der Waals surface area contributed by atoms with E-state index in [0.29, 0.717) is 0 Å². The number of hydrogen-bond donors (Lipinski definition) is 0. The summed E-state index contributed by atoms with van der Waals surface area (Å²) >= 11 is 0. The zero-order chi connectivity index (χ0) is 21.3. The summed E-state index contributed by atoms with van der Waals surface area (Å²) in [4.78, 5) is 13.7. The van der Waals surface area contributed by atoms with Crippen LogP contribution >= 0.6 is 0 Å². The van der Waals surface area contributed by atoms with Crippen LogP contribution in [0.15, 0.2) is 91.4 Å². The predicted octanol–water partition coefficient (Wildman–Crippen LogP) is 5.89. The Kier molecular flexibility index (Phi) is 4.61. The van der Waals surface area contributed by atoms with Crippen LogP contribution in [0.3, 0.4) is 0 Å². The summed E-state index contributed by atoms with van der Waals surface area (Å²) in [6, 6.07) is 25.2. The van der Waals surface area contributed by atoms with Gasteiger partial charge in [-0.05, 0) is 72.0 Å². The molecule has 0 saturated carbocycles. The van der Waals surface area contributed by atoms with Crippen LogP contribution in [-0.4, -0.2) is 19.5 Å². The Labute approximate surface area is 186 Å². The topological polar surface area (TPSA) is 43.6 Å². The van der Waals surface area contributed by atoms with Crippen molar-refractivity contribution in [3.8, 4) is 5.82 Å². The van der Waals surface area contributed by atoms with Crippen LogP contribution in [0.2, 0.25) is 0 Å². The molecule has 0 spiro atoms. The standard InChI is InChI=1S/C28H22N4/c1-3-15-29-23(6-1)18-20-9-11-21(12-10-20)22-13-14-26-25(19-22)24-7-5-17-31-28(24)32(26)27-8-2-4-16-30-27/h1-12,15-17,19H,13-14,18H2. The molecule has 0 aliphatic heterocycles. The minimum Gasteiger partial charge on any atom is -0.282 e. The molecule has 154 valence electrons. The van der Waals surface area contributed by atoms with Crippen LogP contribution in [0, 0.1) is 0 Å². The van der Waals surface area contributed by atoms with Gasteiger partial charge in [0.2, 0.25) is 0 Å². The van der Waals surface area contributed by atoms with Crippen LogP contribution in [0.4, 0.5) is 0 Å². The molecule has 4 heteroatoms. The quantitative estimate of drug-likeness (QED) is 0.368. The third-order valence-electron chi connectivity index (χ3n) is 6.13. The molecule has 0 N–H and O–H groups in total. The van der Waals surface area contributed by atoms with Crippen LogP contribution in [0.25, 0.3) is 28.5 Å². The van der Waals surface area contributed by atoms with Crippen molar-refractivity contribution in [1.82, 2.24) is 19.5 Å². The fourth-order valence-electron chi connectivity index (χ4n) is 4.61. The number of rotatable bonds is 4. The van der Waals surface area contributed by atoms with Crippen molar-refractivity contribution in [2.45, 2.75) is 19.3 Å². The van der Waals surface area contributed by atoms with Gasteiger partial charge in [-0.25, -0.2) is 9.97 Å². The number of pyridine rings is 3. The highest BCUT2D eigenvalue weighted by Crippen LogP contribution is 2.37. The lowest BCUT2D eigenvalue weighted by atomic mass is 9.91. The monoisotopic (exact) mass is 414 g/mol. The maximum absolute atomic E-state index is 4.70. The molecular weight excluding hydrogens is 392 g/mol. The molecule has 5 aromatic rings. The van der Waals surface area contributed by atoms with Gasteiger partial charge >= 0.3 is 0 Å². The van der Waals surface area contributed by atoms with Crippen molar-refractivity contribution < 1.29 is 0 Å². The lowest BCUT2D eigenvalue weighted by Crippen LogP contribution is -2.06. The second-order valence-corrected chi connectivity index (χ2v) is 8.12. The van der Waals surface area contributed by atoms with E-state index in [0.717, 1.165) is 36.4 Å². The SMILES string of the molecule is C1=C(c2ccc(Cc3ccccn3)cc2)CCc2c1c1cccnc1n2-c1ccccn1. The molecule has 0 fully saturated rings. The molecule has 0 bridgehead atoms. The third-order valence-corrected chi connectivity index (χ3v) is 6.13. The molecule has 0 unspecified atom stereocenters. The number of nitrogens with zero attached hydrogens (tertiary/aromatic N) is 4. The van der Waals surface area contributed by atoms with Gasteiger partial charge in [-0.2, -0.15) is 0 Å². The van der Waals surface area contributed by atoms with Gasteiger partial charge in [-0.3, -0.25) is 9.55 Å². The van der Waals surface area contributed by atoms with E-state index in [-0.39, 0.29) is 0 Å². The first-order valence-electron chi connectivity index (χ1n) is 11.0. The largest absolute Gasteiger partial charge is 0.282 e. The number of allylic oxidation sites excluding steroid dienone is 1. The molecule has 0 radical (unpaired) electrons. The molecule has 32 heavy (non-hydrogen) atoms. The highest BCUT2D eigenvalue weighted by molar-refractivity contribution is 5.97. The van der Waals surface area contributed by atoms with Gasteiger partial charge in [0.15, 0.2) is 0 Å². The molecule has 0 amide bonds. The summed E-state index contributed by atoms with van der Waals surface area (Å²) in [6.07, 6.45) is 10.7. The Morgan fingerprint density at radius 2 is 1.53 bits per heavy atom. The zero-order valence-corrected chi connectivity index (χ0v) is 17.6. The third kappa shape index (κ3) is 3.30. The van der Waals surface area contributed by atoms with E-state index in [1.165, 1.54) is 33.3 Å². The summed E-state index contributed by atoms with van der Waals surface area (Å²) in [7, 11) is 0. The second-order valence-electron chi connectivity index (χ2n) is 8.12. The number of hydrogen-bond acceptors (Lipinski definition) is 3. The van der Waals surface area contributed by atoms with Crippen LogP contribution in [0.1, 0.15) is 34.5 Å². The Morgan fingerprint density at radius 1 is 0.719 bits per heavy atom. The predicted molar refractivity (Wildman–Crippen MR) is 129 cm³/mol. The fourth-order valence-corrected chi connectivity index (χ4v) is 4.61. The minimum absolute atomic E-state index is 0.855. The minimum atomic E-state index is 0.855. The van der Waals surface area contributed by atoms with Crippen LogP contribution < -0.4 is 0 Å². The molecule has 6 rings (SSSR count). The van der Waals surface area contributed by atoms with E-state index < -0.39 is 0 Å². The van der Waals surface area contributed by atoms with E-state index >= 15 is 0 Å². The molecular formula is C28H22N4. The molecule has 4 nitrogen and oxygen atoms in total. The normalized spacial score (nSPS) is 13.1. The maximum Gasteiger partial charge on any atom is 0.146 e. The average Bonchev–Trinajstić information content (AvgIpc) is 3.19. The van der Waals surface area contributed by atoms with Crippen molar-refractivity contribution in [2.75, 3.05) is 0 Å². The molecule has 1 aromatic carbocycles. The first kappa shape index (κ1) is 18.7. The highest BCUT2D eigenvalue weighted by Gasteiger charge is 2.22. The second kappa shape index (κ2) is 7.89. The van der Waals surface area contributed by atoms with Crippen molar-refractivity contribution in [3.63, 3.8) is 0 Å². The summed E-state index contributed by atoms with van der Waals surface area (Å²) in [6.45, 7) is 0. The van der Waals surface area contributed by atoms with Crippen molar-refractivity contribution in [2.24, 2.45) is 0 Å². The molecule has 4 aromatic heterocycles. The first-order valence-corrected chi connectivity index (χ1v) is 11.0. The Morgan fingerprint density at radius 3 is 2.31 bits per heavy atom. The summed E-state index contributed by atoms with van der Waals surface area (Å²) in [5.74, 6) is 0.924. The van der Waals surface area contributed by atoms with Crippen LogP contribution in [0.5, 0.6) is 0 Å². The molecule has 1 aliphatic rings. The summed E-state index contributed by atoms with van der Waals surface area (Å²) in [5.41, 5.74) is 8.54. The molecule has 0 atom stereocenters. The molecule has 1 aliphatic carbocycles. The zero-order valence-electron chi connectivity index (χ0n) is 17.6. The first-order chi connectivity index (χ1) is 15.9. The lowest BCUT2D eigenvalue weighted by Gasteiger charge is -2.17. The van der Waals surface area contributed by atoms with E-state index in [1.54, 1.807) is 0 Å². The van der Waals surface area contributed by atoms with Crippen molar-refractivity contribution in [1.29, 1.82) is 0 Å². The van der Waals surface area contributed by atoms with Gasteiger partial charge in [-0.1, -0.05) is 36.4 Å². The van der Waals surface area contributed by atoms with Crippen molar-refractivity contribution >= 4 is 22.7 Å². The van der Waals surface area contributed by atoms with Gasteiger partial charge < -0.3 is 0 Å². The number of benzene rings is 1. The summed E-state index contributed by atoms with van der Waals surface area (Å²) < 4.78 is 2.22. The number of fused-ring (bicyclic) bond motifs is 3. The van der Waals surface area contributed by atoms with E-state index in [2.05, 4.69) is 57.0 Å². The van der Waals surface area contributed by atoms with Gasteiger partial charge in [0.25, 0.3) is 0 Å². The fraction of sp³-hybridized carbons (Fsp3) is 0.107. The van der Waals surface area contributed by atoms with E-state index in [4.69, 9.17) is 4.98 Å². The lowest BCUT2D eigenvalue weighted by molar-refractivity contribution is 0.872. The average molecular weight is 415 g/mol. The highest BCUT2D eigenvalue weighted by atomic mass is 15.1. The van der Waals surface area contributed by atoms with Gasteiger partial charge in [0.1, 0.15) is 11.5 Å². The van der Waals surface area contributed by atoms with Gasteiger partial charge in [0.05, 0.1) is 0 Å². The van der Waals surface area contributed by atoms with Crippen molar-refractivity contribution in [3.05, 3.63) is 119 Å². The maximum atomic E-state index is 4.70. The number of aromatic nitrogens is 4. The molecule has 0 saturated heterocycles. The van der Waals surface area contributed by atoms with Crippen LogP contribution in [-0.2, 0) is 12.8 Å². The smallest absolute Gasteiger partial charge is 0.146 e. The molecule has 4 heterocycles.